The highest BCUT2D eigenvalue weighted by Crippen LogP contribution is 2.29. The molecular formula is C17H20F3N3. The van der Waals surface area contributed by atoms with Gasteiger partial charge in [0.05, 0.1) is 5.56 Å². The van der Waals surface area contributed by atoms with Crippen LogP contribution in [0, 0.1) is 11.8 Å². The van der Waals surface area contributed by atoms with Crippen LogP contribution >= 0.6 is 0 Å². The molecule has 23 heavy (non-hydrogen) atoms. The molecule has 1 aromatic rings. The Morgan fingerprint density at radius 1 is 1.26 bits per heavy atom. The lowest BCUT2D eigenvalue weighted by atomic mass is 9.96. The van der Waals surface area contributed by atoms with Gasteiger partial charge in [0.1, 0.15) is 6.54 Å². The number of alkyl halides is 3. The van der Waals surface area contributed by atoms with Crippen LogP contribution in [0.5, 0.6) is 0 Å². The van der Waals surface area contributed by atoms with Gasteiger partial charge in [0, 0.05) is 11.6 Å². The molecule has 0 bridgehead atoms. The van der Waals surface area contributed by atoms with Gasteiger partial charge in [0.2, 0.25) is 0 Å². The first kappa shape index (κ1) is 17.2. The van der Waals surface area contributed by atoms with Crippen molar-refractivity contribution < 1.29 is 13.2 Å². The summed E-state index contributed by atoms with van der Waals surface area (Å²) in [5.74, 6) is 5.74. The van der Waals surface area contributed by atoms with E-state index in [9.17, 15) is 13.2 Å². The number of hydrogen-bond donors (Lipinski definition) is 2. The number of halogens is 3. The maximum Gasteiger partial charge on any atom is 0.416 e. The summed E-state index contributed by atoms with van der Waals surface area (Å²) in [5, 5.41) is 3.16. The summed E-state index contributed by atoms with van der Waals surface area (Å²) in [5.41, 5.74) is 5.40. The Balaban J connectivity index is 1.88. The summed E-state index contributed by atoms with van der Waals surface area (Å²) >= 11 is 0. The fourth-order valence-corrected chi connectivity index (χ4v) is 2.54. The number of rotatable bonds is 2. The Hall–Kier alpha value is -2.16. The topological polar surface area (TPSA) is 50.4 Å². The molecule has 0 saturated heterocycles. The van der Waals surface area contributed by atoms with Crippen molar-refractivity contribution in [3.63, 3.8) is 0 Å². The maximum absolute atomic E-state index is 12.6. The van der Waals surface area contributed by atoms with E-state index in [1.807, 2.05) is 0 Å². The fourth-order valence-electron chi connectivity index (χ4n) is 2.54. The first-order chi connectivity index (χ1) is 10.9. The molecule has 2 rings (SSSR count). The van der Waals surface area contributed by atoms with E-state index in [0.29, 0.717) is 17.6 Å². The van der Waals surface area contributed by atoms with Crippen LogP contribution in [0.3, 0.4) is 0 Å². The highest BCUT2D eigenvalue weighted by Gasteiger charge is 2.30. The second-order valence-corrected chi connectivity index (χ2v) is 5.56. The number of guanidine groups is 1. The number of aliphatic imine (C=N–C) groups is 1. The molecule has 1 aliphatic rings. The molecule has 124 valence electrons. The summed E-state index contributed by atoms with van der Waals surface area (Å²) in [6.07, 6.45) is 1.47. The average molecular weight is 323 g/mol. The molecule has 3 N–H and O–H groups in total. The molecule has 0 amide bonds. The Kier molecular flexibility index (Phi) is 5.91. The smallest absolute Gasteiger partial charge is 0.370 e. The van der Waals surface area contributed by atoms with Gasteiger partial charge in [-0.2, -0.15) is 13.2 Å². The van der Waals surface area contributed by atoms with Crippen molar-refractivity contribution in [2.45, 2.75) is 44.3 Å². The number of hydrogen-bond acceptors (Lipinski definition) is 1. The predicted octanol–water partition coefficient (Wildman–Crippen LogP) is 3.29. The first-order valence-corrected chi connectivity index (χ1v) is 7.68. The van der Waals surface area contributed by atoms with E-state index in [1.165, 1.54) is 31.4 Å². The van der Waals surface area contributed by atoms with Crippen LogP contribution in [0.1, 0.15) is 43.2 Å². The standard InChI is InChI=1S/C17H20F3N3/c18-17(19,20)14-8-4-6-13(12-14)7-5-11-22-16(21)23-15-9-2-1-3-10-15/h4,6,8,12,15H,1-3,9-11H2,(H3,21,22,23). The largest absolute Gasteiger partial charge is 0.416 e. The summed E-state index contributed by atoms with van der Waals surface area (Å²) in [4.78, 5) is 4.09. The van der Waals surface area contributed by atoms with Crippen LogP contribution in [0.2, 0.25) is 0 Å². The van der Waals surface area contributed by atoms with E-state index in [-0.39, 0.29) is 6.54 Å². The van der Waals surface area contributed by atoms with Gasteiger partial charge in [-0.25, -0.2) is 4.99 Å². The van der Waals surface area contributed by atoms with Gasteiger partial charge < -0.3 is 11.1 Å². The van der Waals surface area contributed by atoms with Gasteiger partial charge in [-0.1, -0.05) is 37.2 Å². The summed E-state index contributed by atoms with van der Waals surface area (Å²) < 4.78 is 37.8. The fraction of sp³-hybridized carbons (Fsp3) is 0.471. The van der Waals surface area contributed by atoms with Crippen LogP contribution in [0.25, 0.3) is 0 Å². The molecule has 1 aliphatic carbocycles. The number of nitrogens with one attached hydrogen (secondary N) is 1. The zero-order valence-corrected chi connectivity index (χ0v) is 12.8. The molecule has 0 spiro atoms. The molecule has 0 aromatic heterocycles. The monoisotopic (exact) mass is 323 g/mol. The third-order valence-corrected chi connectivity index (χ3v) is 3.71. The number of benzene rings is 1. The molecule has 3 nitrogen and oxygen atoms in total. The van der Waals surface area contributed by atoms with Gasteiger partial charge in [-0.15, -0.1) is 0 Å². The van der Waals surface area contributed by atoms with Gasteiger partial charge in [-0.05, 0) is 31.0 Å². The average Bonchev–Trinajstić information content (AvgIpc) is 2.52. The highest BCUT2D eigenvalue weighted by molar-refractivity contribution is 5.78. The van der Waals surface area contributed by atoms with Gasteiger partial charge >= 0.3 is 6.18 Å². The van der Waals surface area contributed by atoms with E-state index in [0.717, 1.165) is 25.0 Å². The van der Waals surface area contributed by atoms with Crippen molar-refractivity contribution in [1.29, 1.82) is 0 Å². The first-order valence-electron chi connectivity index (χ1n) is 7.68. The molecule has 1 fully saturated rings. The second-order valence-electron chi connectivity index (χ2n) is 5.56. The minimum atomic E-state index is -4.36. The van der Waals surface area contributed by atoms with E-state index in [4.69, 9.17) is 5.73 Å². The van der Waals surface area contributed by atoms with Crippen LogP contribution in [-0.2, 0) is 6.18 Å². The molecule has 0 unspecified atom stereocenters. The van der Waals surface area contributed by atoms with Crippen LogP contribution in [0.15, 0.2) is 29.3 Å². The van der Waals surface area contributed by atoms with Crippen molar-refractivity contribution in [2.75, 3.05) is 6.54 Å². The Morgan fingerprint density at radius 3 is 2.70 bits per heavy atom. The van der Waals surface area contributed by atoms with Crippen molar-refractivity contribution in [1.82, 2.24) is 5.32 Å². The van der Waals surface area contributed by atoms with E-state index >= 15 is 0 Å². The van der Waals surface area contributed by atoms with Crippen molar-refractivity contribution >= 4 is 5.96 Å². The SMILES string of the molecule is NC(=NCC#Cc1cccc(C(F)(F)F)c1)NC1CCCCC1. The molecule has 0 heterocycles. The molecule has 0 atom stereocenters. The summed E-state index contributed by atoms with van der Waals surface area (Å²) in [7, 11) is 0. The van der Waals surface area contributed by atoms with E-state index < -0.39 is 11.7 Å². The van der Waals surface area contributed by atoms with Crippen LogP contribution in [-0.4, -0.2) is 18.5 Å². The number of nitrogens with two attached hydrogens (primary N) is 1. The molecule has 0 aliphatic heterocycles. The van der Waals surface area contributed by atoms with Crippen molar-refractivity contribution in [3.05, 3.63) is 35.4 Å². The molecular weight excluding hydrogens is 303 g/mol. The van der Waals surface area contributed by atoms with Gasteiger partial charge in [0.15, 0.2) is 5.96 Å². The highest BCUT2D eigenvalue weighted by atomic mass is 19.4. The predicted molar refractivity (Wildman–Crippen MR) is 84.8 cm³/mol. The zero-order chi connectivity index (χ0) is 16.7. The zero-order valence-electron chi connectivity index (χ0n) is 12.8. The van der Waals surface area contributed by atoms with E-state index in [2.05, 4.69) is 22.2 Å². The van der Waals surface area contributed by atoms with Crippen LogP contribution < -0.4 is 11.1 Å². The van der Waals surface area contributed by atoms with Crippen LogP contribution in [0.4, 0.5) is 13.2 Å². The second kappa shape index (κ2) is 7.91. The summed E-state index contributed by atoms with van der Waals surface area (Å²) in [6, 6.07) is 5.30. The quantitative estimate of drug-likeness (QED) is 0.498. The molecule has 1 saturated carbocycles. The molecule has 6 heteroatoms. The Morgan fingerprint density at radius 2 is 2.00 bits per heavy atom. The third-order valence-electron chi connectivity index (χ3n) is 3.71. The lowest BCUT2D eigenvalue weighted by Gasteiger charge is -2.22. The van der Waals surface area contributed by atoms with Gasteiger partial charge in [0.25, 0.3) is 0 Å². The minimum Gasteiger partial charge on any atom is -0.370 e. The lowest BCUT2D eigenvalue weighted by molar-refractivity contribution is -0.137. The summed E-state index contributed by atoms with van der Waals surface area (Å²) in [6.45, 7) is 0.155. The lowest BCUT2D eigenvalue weighted by Crippen LogP contribution is -2.41. The van der Waals surface area contributed by atoms with E-state index in [1.54, 1.807) is 0 Å². The maximum atomic E-state index is 12.6. The third kappa shape index (κ3) is 5.85. The normalized spacial score (nSPS) is 16.6. The number of nitrogens with zero attached hydrogens (tertiary/aromatic N) is 1. The van der Waals surface area contributed by atoms with Gasteiger partial charge in [-0.3, -0.25) is 0 Å². The minimum absolute atomic E-state index is 0.155. The molecule has 0 radical (unpaired) electrons. The molecule has 1 aromatic carbocycles. The van der Waals surface area contributed by atoms with Crippen molar-refractivity contribution in [2.24, 2.45) is 10.7 Å². The van der Waals surface area contributed by atoms with Crippen molar-refractivity contribution in [3.8, 4) is 11.8 Å². The Labute approximate surface area is 134 Å². The Bertz CT molecular complexity index is 605.